The van der Waals surface area contributed by atoms with Crippen LogP contribution in [0, 0.1) is 5.41 Å². The van der Waals surface area contributed by atoms with E-state index in [0.717, 1.165) is 6.92 Å². The molecule has 9 heteroatoms. The molecule has 6 nitrogen and oxygen atoms in total. The number of carbonyl (C=O) groups is 1. The second kappa shape index (κ2) is 6.58. The third-order valence-electron chi connectivity index (χ3n) is 4.53. The fourth-order valence-electron chi connectivity index (χ4n) is 2.68. The smallest absolute Gasteiger partial charge is 0.259 e. The van der Waals surface area contributed by atoms with E-state index < -0.39 is 27.3 Å². The van der Waals surface area contributed by atoms with Crippen molar-refractivity contribution in [1.29, 1.82) is 0 Å². The zero-order valence-electron chi connectivity index (χ0n) is 14.4. The average Bonchev–Trinajstić information content (AvgIpc) is 3.38. The van der Waals surface area contributed by atoms with Gasteiger partial charge in [-0.05, 0) is 61.4 Å². The third-order valence-corrected chi connectivity index (χ3v) is 5.45. The Hall–Kier alpha value is -2.52. The fourth-order valence-corrected chi connectivity index (χ4v) is 3.20. The second-order valence-electron chi connectivity index (χ2n) is 6.57. The molecule has 1 saturated carbocycles. The normalized spacial score (nSPS) is 15.9. The predicted molar refractivity (Wildman–Crippen MR) is 95.2 cm³/mol. The summed E-state index contributed by atoms with van der Waals surface area (Å²) in [6.07, 6.45) is 0.329. The van der Waals surface area contributed by atoms with Gasteiger partial charge in [-0.1, -0.05) is 0 Å². The molecule has 1 fully saturated rings. The van der Waals surface area contributed by atoms with Gasteiger partial charge >= 0.3 is 0 Å². The largest absolute Gasteiger partial charge is 0.457 e. The SMILES string of the molecule is CC(F)(F)C1(C(=O)Nc2ccc(Oc3ccc(S(N)(=O)=O)cc3)cc2)CC1. The number of hydrogen-bond donors (Lipinski definition) is 2. The molecule has 0 spiro atoms. The van der Waals surface area contributed by atoms with Crippen LogP contribution in [0.25, 0.3) is 0 Å². The van der Waals surface area contributed by atoms with Crippen LogP contribution in [0.15, 0.2) is 53.4 Å². The van der Waals surface area contributed by atoms with Gasteiger partial charge in [0.2, 0.25) is 15.9 Å². The maximum absolute atomic E-state index is 13.6. The zero-order valence-corrected chi connectivity index (χ0v) is 15.2. The number of halogens is 2. The van der Waals surface area contributed by atoms with Gasteiger partial charge in [0, 0.05) is 12.6 Å². The lowest BCUT2D eigenvalue weighted by molar-refractivity contribution is -0.136. The minimum atomic E-state index is -3.78. The number of nitrogens with two attached hydrogens (primary N) is 1. The van der Waals surface area contributed by atoms with E-state index in [1.54, 1.807) is 12.1 Å². The summed E-state index contributed by atoms with van der Waals surface area (Å²) in [5.41, 5.74) is -1.24. The number of hydrogen-bond acceptors (Lipinski definition) is 4. The zero-order chi connectivity index (χ0) is 19.9. The monoisotopic (exact) mass is 396 g/mol. The number of amides is 1. The van der Waals surface area contributed by atoms with Crippen molar-refractivity contribution in [3.05, 3.63) is 48.5 Å². The molecule has 27 heavy (non-hydrogen) atoms. The van der Waals surface area contributed by atoms with Gasteiger partial charge in [0.15, 0.2) is 0 Å². The van der Waals surface area contributed by atoms with Crippen molar-refractivity contribution in [3.63, 3.8) is 0 Å². The molecule has 0 aliphatic heterocycles. The van der Waals surface area contributed by atoms with E-state index in [1.807, 2.05) is 0 Å². The quantitative estimate of drug-likeness (QED) is 0.781. The molecule has 0 heterocycles. The van der Waals surface area contributed by atoms with Gasteiger partial charge in [-0.3, -0.25) is 4.79 Å². The van der Waals surface area contributed by atoms with Gasteiger partial charge in [0.1, 0.15) is 16.9 Å². The summed E-state index contributed by atoms with van der Waals surface area (Å²) in [6, 6.07) is 11.7. The van der Waals surface area contributed by atoms with Gasteiger partial charge in [-0.25, -0.2) is 22.3 Å². The highest BCUT2D eigenvalue weighted by Gasteiger charge is 2.64. The highest BCUT2D eigenvalue weighted by Crippen LogP contribution is 2.57. The van der Waals surface area contributed by atoms with Crippen LogP contribution in [0.4, 0.5) is 14.5 Å². The number of carbonyl (C=O) groups excluding carboxylic acids is 1. The van der Waals surface area contributed by atoms with E-state index >= 15 is 0 Å². The molecule has 3 N–H and O–H groups in total. The first-order valence-electron chi connectivity index (χ1n) is 8.11. The van der Waals surface area contributed by atoms with Crippen LogP contribution < -0.4 is 15.2 Å². The number of sulfonamides is 1. The summed E-state index contributed by atoms with van der Waals surface area (Å²) in [5, 5.41) is 7.54. The van der Waals surface area contributed by atoms with Gasteiger partial charge in [-0.15, -0.1) is 0 Å². The first-order chi connectivity index (χ1) is 12.5. The molecule has 0 radical (unpaired) electrons. The Morgan fingerprint density at radius 2 is 1.56 bits per heavy atom. The molecule has 3 rings (SSSR count). The Balaban J connectivity index is 1.65. The lowest BCUT2D eigenvalue weighted by Crippen LogP contribution is -2.37. The van der Waals surface area contributed by atoms with Crippen molar-refractivity contribution in [2.24, 2.45) is 10.6 Å². The van der Waals surface area contributed by atoms with Crippen molar-refractivity contribution >= 4 is 21.6 Å². The topological polar surface area (TPSA) is 98.5 Å². The molecule has 144 valence electrons. The summed E-state index contributed by atoms with van der Waals surface area (Å²) < 4.78 is 55.2. The standard InChI is InChI=1S/C18H18F2N2O4S/c1-17(19,20)18(10-11-18)16(23)22-12-2-4-13(5-3-12)26-14-6-8-15(9-7-14)27(21,24)25/h2-9H,10-11H2,1H3,(H,22,23)(H2,21,24,25). The van der Waals surface area contributed by atoms with E-state index in [2.05, 4.69) is 5.32 Å². The van der Waals surface area contributed by atoms with E-state index in [9.17, 15) is 22.0 Å². The molecule has 0 atom stereocenters. The van der Waals surface area contributed by atoms with Gasteiger partial charge < -0.3 is 10.1 Å². The van der Waals surface area contributed by atoms with Crippen LogP contribution in [-0.4, -0.2) is 20.2 Å². The number of anilines is 1. The Morgan fingerprint density at radius 1 is 1.07 bits per heavy atom. The third kappa shape index (κ3) is 4.09. The van der Waals surface area contributed by atoms with Crippen LogP contribution in [0.2, 0.25) is 0 Å². The van der Waals surface area contributed by atoms with E-state index in [4.69, 9.17) is 9.88 Å². The molecular formula is C18H18F2N2O4S. The highest BCUT2D eigenvalue weighted by atomic mass is 32.2. The minimum Gasteiger partial charge on any atom is -0.457 e. The molecule has 0 aromatic heterocycles. The lowest BCUT2D eigenvalue weighted by Gasteiger charge is -2.22. The maximum atomic E-state index is 13.6. The first kappa shape index (κ1) is 19.2. The first-order valence-corrected chi connectivity index (χ1v) is 9.66. The van der Waals surface area contributed by atoms with E-state index in [-0.39, 0.29) is 17.7 Å². The molecule has 1 amide bonds. The van der Waals surface area contributed by atoms with Crippen LogP contribution in [0.1, 0.15) is 19.8 Å². The molecule has 2 aromatic carbocycles. The van der Waals surface area contributed by atoms with Crippen LogP contribution in [0.3, 0.4) is 0 Å². The number of primary sulfonamides is 1. The second-order valence-corrected chi connectivity index (χ2v) is 8.13. The summed E-state index contributed by atoms with van der Waals surface area (Å²) in [4.78, 5) is 12.1. The van der Waals surface area contributed by atoms with Gasteiger partial charge in [0.25, 0.3) is 5.92 Å². The molecule has 1 aliphatic carbocycles. The highest BCUT2D eigenvalue weighted by molar-refractivity contribution is 7.89. The molecule has 0 bridgehead atoms. The van der Waals surface area contributed by atoms with Gasteiger partial charge in [-0.2, -0.15) is 0 Å². The Bertz CT molecular complexity index is 948. The number of ether oxygens (including phenoxy) is 1. The lowest BCUT2D eigenvalue weighted by atomic mass is 9.98. The Labute approximate surface area is 155 Å². The molecule has 2 aromatic rings. The summed E-state index contributed by atoms with van der Waals surface area (Å²) in [5.74, 6) is -2.94. The maximum Gasteiger partial charge on any atom is 0.259 e. The number of rotatable bonds is 6. The van der Waals surface area contributed by atoms with Crippen molar-refractivity contribution in [3.8, 4) is 11.5 Å². The summed E-state index contributed by atoms with van der Waals surface area (Å²) in [6.45, 7) is 0.762. The fraction of sp³-hybridized carbons (Fsp3) is 0.278. The van der Waals surface area contributed by atoms with Crippen LogP contribution in [-0.2, 0) is 14.8 Å². The molecular weight excluding hydrogens is 378 g/mol. The minimum absolute atomic E-state index is 0.0327. The number of alkyl halides is 2. The summed E-state index contributed by atoms with van der Waals surface area (Å²) in [7, 11) is -3.78. The van der Waals surface area contributed by atoms with Crippen LogP contribution in [0.5, 0.6) is 11.5 Å². The van der Waals surface area contributed by atoms with Crippen molar-refractivity contribution < 1.29 is 26.7 Å². The van der Waals surface area contributed by atoms with Gasteiger partial charge in [0.05, 0.1) is 4.90 Å². The molecule has 1 aliphatic rings. The molecule has 0 saturated heterocycles. The number of nitrogens with one attached hydrogen (secondary N) is 1. The molecule has 0 unspecified atom stereocenters. The Kier molecular flexibility index (Phi) is 4.69. The van der Waals surface area contributed by atoms with Crippen molar-refractivity contribution in [2.75, 3.05) is 5.32 Å². The van der Waals surface area contributed by atoms with E-state index in [1.165, 1.54) is 36.4 Å². The van der Waals surface area contributed by atoms with Crippen molar-refractivity contribution in [1.82, 2.24) is 0 Å². The van der Waals surface area contributed by atoms with Crippen molar-refractivity contribution in [2.45, 2.75) is 30.6 Å². The average molecular weight is 396 g/mol. The summed E-state index contributed by atoms with van der Waals surface area (Å²) >= 11 is 0. The predicted octanol–water partition coefficient (Wildman–Crippen LogP) is 3.50. The van der Waals surface area contributed by atoms with Crippen LogP contribution >= 0.6 is 0 Å². The number of benzene rings is 2. The van der Waals surface area contributed by atoms with E-state index in [0.29, 0.717) is 17.2 Å². The Morgan fingerprint density at radius 3 is 1.96 bits per heavy atom.